The normalized spacial score (nSPS) is 19.5. The van der Waals surface area contributed by atoms with E-state index in [4.69, 9.17) is 19.3 Å². The fourth-order valence-electron chi connectivity index (χ4n) is 2.06. The Morgan fingerprint density at radius 2 is 1.74 bits per heavy atom. The van der Waals surface area contributed by atoms with Crippen LogP contribution in [0.25, 0.3) is 0 Å². The third-order valence-corrected chi connectivity index (χ3v) is 4.04. The lowest BCUT2D eigenvalue weighted by atomic mass is 9.77. The van der Waals surface area contributed by atoms with Gasteiger partial charge in [0.15, 0.2) is 6.61 Å². The first-order valence-electron chi connectivity index (χ1n) is 7.04. The van der Waals surface area contributed by atoms with Crippen molar-refractivity contribution in [2.75, 3.05) is 6.61 Å². The zero-order valence-corrected chi connectivity index (χ0v) is 13.3. The third kappa shape index (κ3) is 3.79. The summed E-state index contributed by atoms with van der Waals surface area (Å²) in [5.41, 5.74) is -0.746. The third-order valence-electron chi connectivity index (χ3n) is 4.04. The Morgan fingerprint density at radius 1 is 1.17 bits per heavy atom. The maximum Gasteiger partial charge on any atom is 0.498 e. The van der Waals surface area contributed by atoms with Gasteiger partial charge in [-0.05, 0) is 45.9 Å². The van der Waals surface area contributed by atoms with Crippen molar-refractivity contribution in [2.45, 2.75) is 45.1 Å². The summed E-state index contributed by atoms with van der Waals surface area (Å²) in [6, 6.07) is 6.08. The number of nitrogens with zero attached hydrogens (tertiary/aromatic N) is 1. The Bertz CT molecular complexity index is 622. The number of ether oxygens (including phenoxy) is 1. The molecule has 0 bridgehead atoms. The van der Waals surface area contributed by atoms with E-state index in [9.17, 15) is 13.2 Å². The van der Waals surface area contributed by atoms with Crippen LogP contribution in [0.3, 0.4) is 0 Å². The van der Waals surface area contributed by atoms with Gasteiger partial charge in [-0.15, -0.1) is 0 Å². The van der Waals surface area contributed by atoms with Crippen molar-refractivity contribution < 1.29 is 27.2 Å². The summed E-state index contributed by atoms with van der Waals surface area (Å²) in [6.07, 6.45) is -4.46. The predicted molar refractivity (Wildman–Crippen MR) is 78.4 cm³/mol. The predicted octanol–water partition coefficient (Wildman–Crippen LogP) is 2.80. The van der Waals surface area contributed by atoms with Gasteiger partial charge in [-0.25, -0.2) is 0 Å². The van der Waals surface area contributed by atoms with E-state index in [2.05, 4.69) is 0 Å². The van der Waals surface area contributed by atoms with Crippen molar-refractivity contribution in [1.29, 1.82) is 5.26 Å². The lowest BCUT2D eigenvalue weighted by Gasteiger charge is -2.32. The maximum absolute atomic E-state index is 12.4. The van der Waals surface area contributed by atoms with Crippen LogP contribution in [0.15, 0.2) is 18.2 Å². The average Bonchev–Trinajstić information content (AvgIpc) is 2.64. The van der Waals surface area contributed by atoms with E-state index >= 15 is 0 Å². The van der Waals surface area contributed by atoms with E-state index in [1.165, 1.54) is 18.2 Å². The zero-order valence-electron chi connectivity index (χ0n) is 13.3. The standard InChI is InChI=1S/C15H17BF3NO3/c1-13(2)14(3,4)23-16(22-13)11-7-10(8-20)5-6-12(11)21-9-15(17,18)19/h5-7H,9H2,1-4H3. The van der Waals surface area contributed by atoms with Gasteiger partial charge in [0.05, 0.1) is 22.8 Å². The molecule has 0 radical (unpaired) electrons. The van der Waals surface area contributed by atoms with Gasteiger partial charge in [0.25, 0.3) is 0 Å². The SMILES string of the molecule is CC1(C)OB(c2cc(C#N)ccc2OCC(F)(F)F)OC1(C)C. The van der Waals surface area contributed by atoms with Crippen molar-refractivity contribution >= 4 is 12.6 Å². The minimum atomic E-state index is -4.46. The molecule has 0 unspecified atom stereocenters. The summed E-state index contributed by atoms with van der Waals surface area (Å²) in [4.78, 5) is 0. The zero-order chi connectivity index (χ0) is 17.5. The van der Waals surface area contributed by atoms with Crippen molar-refractivity contribution in [3.63, 3.8) is 0 Å². The fraction of sp³-hybridized carbons (Fsp3) is 0.533. The fourth-order valence-corrected chi connectivity index (χ4v) is 2.06. The van der Waals surface area contributed by atoms with E-state index in [1.807, 2.05) is 33.8 Å². The van der Waals surface area contributed by atoms with Crippen LogP contribution in [0.2, 0.25) is 0 Å². The second-order valence-electron chi connectivity index (χ2n) is 6.36. The number of rotatable bonds is 3. The molecular weight excluding hydrogens is 310 g/mol. The Labute approximate surface area is 133 Å². The first-order chi connectivity index (χ1) is 10.5. The Hall–Kier alpha value is -1.72. The van der Waals surface area contributed by atoms with Crippen molar-refractivity contribution in [3.05, 3.63) is 23.8 Å². The molecule has 0 saturated carbocycles. The molecule has 1 aliphatic rings. The minimum Gasteiger partial charge on any atom is -0.484 e. The number of benzene rings is 1. The number of nitriles is 1. The Morgan fingerprint density at radius 3 is 2.22 bits per heavy atom. The highest BCUT2D eigenvalue weighted by Crippen LogP contribution is 2.37. The Kier molecular flexibility index (Phi) is 4.39. The van der Waals surface area contributed by atoms with Crippen LogP contribution < -0.4 is 10.2 Å². The summed E-state index contributed by atoms with van der Waals surface area (Å²) >= 11 is 0. The molecule has 23 heavy (non-hydrogen) atoms. The van der Waals surface area contributed by atoms with E-state index < -0.39 is 31.1 Å². The molecule has 0 aromatic heterocycles. The summed E-state index contributed by atoms with van der Waals surface area (Å²) in [5.74, 6) is -0.0141. The Balaban J connectivity index is 2.35. The summed E-state index contributed by atoms with van der Waals surface area (Å²) in [7, 11) is -0.906. The van der Waals surface area contributed by atoms with Crippen LogP contribution >= 0.6 is 0 Å². The first-order valence-corrected chi connectivity index (χ1v) is 7.04. The van der Waals surface area contributed by atoms with Crippen molar-refractivity contribution in [2.24, 2.45) is 0 Å². The average molecular weight is 327 g/mol. The van der Waals surface area contributed by atoms with Gasteiger partial charge in [-0.3, -0.25) is 0 Å². The van der Waals surface area contributed by atoms with E-state index in [0.717, 1.165) is 0 Å². The molecule has 4 nitrogen and oxygen atoms in total. The molecular formula is C15H17BF3NO3. The second kappa shape index (κ2) is 5.73. The lowest BCUT2D eigenvalue weighted by Crippen LogP contribution is -2.41. The van der Waals surface area contributed by atoms with Gasteiger partial charge in [-0.2, -0.15) is 18.4 Å². The van der Waals surface area contributed by atoms with E-state index in [1.54, 1.807) is 0 Å². The van der Waals surface area contributed by atoms with Crippen LogP contribution in [0.1, 0.15) is 33.3 Å². The highest BCUT2D eigenvalue weighted by molar-refractivity contribution is 6.63. The molecule has 0 N–H and O–H groups in total. The van der Waals surface area contributed by atoms with Gasteiger partial charge in [-0.1, -0.05) is 0 Å². The molecule has 124 valence electrons. The van der Waals surface area contributed by atoms with Gasteiger partial charge < -0.3 is 14.0 Å². The molecule has 0 atom stereocenters. The van der Waals surface area contributed by atoms with Crippen LogP contribution in [0.5, 0.6) is 5.75 Å². The molecule has 0 spiro atoms. The van der Waals surface area contributed by atoms with Crippen LogP contribution in [-0.2, 0) is 9.31 Å². The minimum absolute atomic E-state index is 0.0141. The molecule has 1 fully saturated rings. The first kappa shape index (κ1) is 17.6. The molecule has 1 aromatic rings. The molecule has 1 aromatic carbocycles. The highest BCUT2D eigenvalue weighted by atomic mass is 19.4. The van der Waals surface area contributed by atoms with Crippen LogP contribution in [0, 0.1) is 11.3 Å². The summed E-state index contributed by atoms with van der Waals surface area (Å²) in [5, 5.41) is 9.01. The molecule has 0 aliphatic carbocycles. The summed E-state index contributed by atoms with van der Waals surface area (Å²) in [6.45, 7) is 5.90. The molecule has 0 amide bonds. The van der Waals surface area contributed by atoms with Crippen LogP contribution in [0.4, 0.5) is 13.2 Å². The lowest BCUT2D eigenvalue weighted by molar-refractivity contribution is -0.153. The smallest absolute Gasteiger partial charge is 0.484 e. The van der Waals surface area contributed by atoms with Crippen molar-refractivity contribution in [3.8, 4) is 11.8 Å². The quantitative estimate of drug-likeness (QED) is 0.801. The molecule has 8 heteroatoms. The molecule has 2 rings (SSSR count). The van der Waals surface area contributed by atoms with Gasteiger partial charge in [0, 0.05) is 5.46 Å². The number of hydrogen-bond donors (Lipinski definition) is 0. The number of alkyl halides is 3. The maximum atomic E-state index is 12.4. The molecule has 1 aliphatic heterocycles. The van der Waals surface area contributed by atoms with E-state index in [0.29, 0.717) is 0 Å². The van der Waals surface area contributed by atoms with Gasteiger partial charge >= 0.3 is 13.3 Å². The van der Waals surface area contributed by atoms with Crippen molar-refractivity contribution in [1.82, 2.24) is 0 Å². The van der Waals surface area contributed by atoms with E-state index in [-0.39, 0.29) is 16.8 Å². The van der Waals surface area contributed by atoms with Crippen LogP contribution in [-0.4, -0.2) is 31.1 Å². The largest absolute Gasteiger partial charge is 0.498 e. The molecule has 1 heterocycles. The second-order valence-corrected chi connectivity index (χ2v) is 6.36. The van der Waals surface area contributed by atoms with Gasteiger partial charge in [0.2, 0.25) is 0 Å². The highest BCUT2D eigenvalue weighted by Gasteiger charge is 2.52. The number of halogens is 3. The summed E-state index contributed by atoms with van der Waals surface area (Å²) < 4.78 is 53.7. The monoisotopic (exact) mass is 327 g/mol. The van der Waals surface area contributed by atoms with Gasteiger partial charge in [0.1, 0.15) is 5.75 Å². The topological polar surface area (TPSA) is 51.5 Å². The number of hydrogen-bond acceptors (Lipinski definition) is 4. The molecule has 1 saturated heterocycles.